The van der Waals surface area contributed by atoms with Gasteiger partial charge in [-0.05, 0) is 0 Å². The SMILES string of the molecule is C=CCOc1nc2c(ncn2[C@@H]2O[C@H](C(O)C(=O)[O-])[C@@H](O)[C@H]2O)c(=O)[nH]1.C=CCOc1nc2c(ncn2[C@@H]2O[C@H](C(O)C(=O)[O-])[C@@H](O)[C@H]2O)c(=O)[nH]1.[Ca+2]. The molecule has 0 saturated carbocycles. The van der Waals surface area contributed by atoms with Crippen LogP contribution in [-0.2, 0) is 19.1 Å². The van der Waals surface area contributed by atoms with Crippen LogP contribution in [-0.4, -0.2) is 181 Å². The number of carbonyl (C=O) groups excluding carboxylic acids is 2. The zero-order valence-corrected chi connectivity index (χ0v) is 29.3. The average Bonchev–Trinajstić information content (AvgIpc) is 3.87. The minimum absolute atomic E-state index is 0. The van der Waals surface area contributed by atoms with Gasteiger partial charge in [0, 0.05) is 0 Å². The third kappa shape index (κ3) is 8.26. The average molecular weight is 775 g/mol. The Morgan fingerprint density at radius 3 is 1.45 bits per heavy atom. The number of H-pyrrole nitrogens is 2. The third-order valence-corrected chi connectivity index (χ3v) is 7.70. The number of aromatic amines is 2. The van der Waals surface area contributed by atoms with Gasteiger partial charge in [-0.15, -0.1) is 0 Å². The number of nitrogens with one attached hydrogen (secondary N) is 2. The van der Waals surface area contributed by atoms with E-state index in [1.54, 1.807) is 0 Å². The number of hydrogen-bond donors (Lipinski definition) is 8. The van der Waals surface area contributed by atoms with Gasteiger partial charge in [0.15, 0.2) is 34.8 Å². The Kier molecular flexibility index (Phi) is 13.4. The van der Waals surface area contributed by atoms with Crippen LogP contribution in [0.5, 0.6) is 12.0 Å². The van der Waals surface area contributed by atoms with Crippen molar-refractivity contribution in [1.82, 2.24) is 39.0 Å². The van der Waals surface area contributed by atoms with Gasteiger partial charge in [0.2, 0.25) is 0 Å². The topological polar surface area (TPSA) is 366 Å². The van der Waals surface area contributed by atoms with Gasteiger partial charge in [-0.1, -0.05) is 25.3 Å². The van der Waals surface area contributed by atoms with Crippen LogP contribution in [0.1, 0.15) is 12.5 Å². The van der Waals surface area contributed by atoms with Crippen molar-refractivity contribution in [2.45, 2.75) is 61.3 Å². The molecule has 4 aromatic rings. The molecule has 2 fully saturated rings. The molecule has 0 aromatic carbocycles. The number of carboxylic acid groups (broad SMARTS) is 2. The van der Waals surface area contributed by atoms with E-state index in [4.69, 9.17) is 18.9 Å². The van der Waals surface area contributed by atoms with E-state index in [9.17, 15) is 60.0 Å². The summed E-state index contributed by atoms with van der Waals surface area (Å²) in [5.41, 5.74) is -1.49. The van der Waals surface area contributed by atoms with Crippen LogP contribution in [0.2, 0.25) is 0 Å². The van der Waals surface area contributed by atoms with Crippen molar-refractivity contribution in [1.29, 1.82) is 0 Å². The van der Waals surface area contributed by atoms with Crippen LogP contribution in [0.25, 0.3) is 22.3 Å². The maximum absolute atomic E-state index is 12.0. The van der Waals surface area contributed by atoms with E-state index in [2.05, 4.69) is 43.1 Å². The number of carbonyl (C=O) groups is 2. The Morgan fingerprint density at radius 2 is 1.13 bits per heavy atom. The molecule has 0 radical (unpaired) electrons. The van der Waals surface area contributed by atoms with Gasteiger partial charge in [0.25, 0.3) is 23.1 Å². The van der Waals surface area contributed by atoms with Crippen LogP contribution in [0.15, 0.2) is 47.6 Å². The zero-order chi connectivity index (χ0) is 38.0. The van der Waals surface area contributed by atoms with E-state index in [1.807, 2.05) is 0 Å². The quantitative estimate of drug-likeness (QED) is 0.0489. The van der Waals surface area contributed by atoms with Crippen molar-refractivity contribution in [3.8, 4) is 12.0 Å². The van der Waals surface area contributed by atoms with Crippen LogP contribution in [0.4, 0.5) is 0 Å². The first kappa shape index (κ1) is 41.4. The van der Waals surface area contributed by atoms with Gasteiger partial charge >= 0.3 is 37.7 Å². The Morgan fingerprint density at radius 1 is 0.774 bits per heavy atom. The predicted molar refractivity (Wildman–Crippen MR) is 167 cm³/mol. The fourth-order valence-corrected chi connectivity index (χ4v) is 5.22. The second-order valence-corrected chi connectivity index (χ2v) is 11.1. The summed E-state index contributed by atoms with van der Waals surface area (Å²) in [6.07, 6.45) is -11.9. The number of aromatic nitrogens is 8. The van der Waals surface area contributed by atoms with Gasteiger partial charge in [-0.3, -0.25) is 28.7 Å². The number of aliphatic carboxylic acids is 2. The Labute approximate surface area is 324 Å². The summed E-state index contributed by atoms with van der Waals surface area (Å²) in [4.78, 5) is 66.2. The van der Waals surface area contributed by atoms with Crippen molar-refractivity contribution in [3.05, 3.63) is 58.7 Å². The number of fused-ring (bicyclic) bond motifs is 2. The second-order valence-electron chi connectivity index (χ2n) is 11.1. The van der Waals surface area contributed by atoms with E-state index in [1.165, 1.54) is 12.2 Å². The third-order valence-electron chi connectivity index (χ3n) is 7.70. The van der Waals surface area contributed by atoms with E-state index < -0.39 is 84.3 Å². The molecule has 280 valence electrons. The molecule has 24 nitrogen and oxygen atoms in total. The largest absolute Gasteiger partial charge is 2.00 e. The molecule has 6 heterocycles. The molecule has 6 rings (SSSR count). The van der Waals surface area contributed by atoms with Crippen molar-refractivity contribution in [2.24, 2.45) is 0 Å². The molecule has 0 bridgehead atoms. The van der Waals surface area contributed by atoms with Crippen molar-refractivity contribution < 1.29 is 69.4 Å². The van der Waals surface area contributed by atoms with Crippen molar-refractivity contribution >= 4 is 72.0 Å². The Bertz CT molecular complexity index is 1940. The first-order valence-electron chi connectivity index (χ1n) is 14.9. The molecule has 10 atom stereocenters. The molecule has 2 aliphatic heterocycles. The van der Waals surface area contributed by atoms with E-state index in [0.29, 0.717) is 0 Å². The number of carboxylic acids is 2. The number of rotatable bonds is 12. The smallest absolute Gasteiger partial charge is 0.547 e. The standard InChI is InChI=1S/2C14H16N4O8.Ca/c2*1-2-3-25-14-16-10-5(11(22)17-14)15-4-18(10)12-7(20)6(19)9(26-12)8(21)13(23)24;/h2*2,4,6-9,12,19-21H,1,3H2,(H,23,24)(H,16,17,22);/q;;+2/p-2/t2*6-,7+,8?,9-,12+;/m00./s1. The fraction of sp³-hybridized carbons (Fsp3) is 0.429. The summed E-state index contributed by atoms with van der Waals surface area (Å²) in [6.45, 7) is 7.08. The summed E-state index contributed by atoms with van der Waals surface area (Å²) >= 11 is 0. The van der Waals surface area contributed by atoms with Crippen molar-refractivity contribution in [2.75, 3.05) is 13.2 Å². The Balaban J connectivity index is 0.000000232. The minimum atomic E-state index is -2.16. The van der Waals surface area contributed by atoms with Crippen molar-refractivity contribution in [3.63, 3.8) is 0 Å². The molecule has 8 N–H and O–H groups in total. The maximum Gasteiger partial charge on any atom is 2.00 e. The second kappa shape index (κ2) is 17.2. The molecule has 2 aliphatic rings. The molecule has 2 saturated heterocycles. The number of aliphatic hydroxyl groups is 6. The van der Waals surface area contributed by atoms with E-state index in [0.717, 1.165) is 21.8 Å². The number of imidazole rings is 2. The normalized spacial score (nSPS) is 26.2. The molecular formula is C28H30CaN8O16. The molecule has 0 spiro atoms. The monoisotopic (exact) mass is 774 g/mol. The molecule has 2 unspecified atom stereocenters. The summed E-state index contributed by atoms with van der Waals surface area (Å²) in [6, 6.07) is -0.271. The van der Waals surface area contributed by atoms with Gasteiger partial charge < -0.3 is 69.4 Å². The summed E-state index contributed by atoms with van der Waals surface area (Å²) in [5, 5.41) is 80.9. The maximum atomic E-state index is 12.0. The van der Waals surface area contributed by atoms with Crippen LogP contribution < -0.4 is 30.8 Å². The molecule has 0 amide bonds. The summed E-state index contributed by atoms with van der Waals surface area (Å²) < 4.78 is 23.1. The van der Waals surface area contributed by atoms with E-state index >= 15 is 0 Å². The molecule has 53 heavy (non-hydrogen) atoms. The Hall–Kier alpha value is -4.34. The molecule has 4 aromatic heterocycles. The zero-order valence-electron chi connectivity index (χ0n) is 27.1. The summed E-state index contributed by atoms with van der Waals surface area (Å²) in [5.74, 6) is -3.74. The fourth-order valence-electron chi connectivity index (χ4n) is 5.22. The van der Waals surface area contributed by atoms with E-state index in [-0.39, 0.29) is 85.3 Å². The first-order valence-corrected chi connectivity index (χ1v) is 14.9. The van der Waals surface area contributed by atoms with Crippen LogP contribution >= 0.6 is 0 Å². The first-order chi connectivity index (χ1) is 24.7. The minimum Gasteiger partial charge on any atom is -0.547 e. The van der Waals surface area contributed by atoms with Gasteiger partial charge in [0.1, 0.15) is 62.0 Å². The molecule has 25 heteroatoms. The van der Waals surface area contributed by atoms with Gasteiger partial charge in [-0.25, -0.2) is 9.97 Å². The molecular weight excluding hydrogens is 744 g/mol. The van der Waals surface area contributed by atoms with Gasteiger partial charge in [0.05, 0.1) is 24.6 Å². The number of hydrogen-bond acceptors (Lipinski definition) is 20. The number of ether oxygens (including phenoxy) is 4. The number of nitrogens with zero attached hydrogens (tertiary/aromatic N) is 6. The summed E-state index contributed by atoms with van der Waals surface area (Å²) in [7, 11) is 0. The molecule has 0 aliphatic carbocycles. The number of aliphatic hydroxyl groups excluding tert-OH is 6. The van der Waals surface area contributed by atoms with Gasteiger partial charge in [-0.2, -0.15) is 9.97 Å². The van der Waals surface area contributed by atoms with Crippen LogP contribution in [0.3, 0.4) is 0 Å². The predicted octanol–water partition coefficient (Wildman–Crippen LogP) is -7.55. The van der Waals surface area contributed by atoms with Crippen LogP contribution in [0, 0.1) is 0 Å².